The van der Waals surface area contributed by atoms with Gasteiger partial charge in [0.25, 0.3) is 5.91 Å². The predicted octanol–water partition coefficient (Wildman–Crippen LogP) is 4.51. The van der Waals surface area contributed by atoms with E-state index in [0.29, 0.717) is 36.2 Å². The molecule has 0 fully saturated rings. The van der Waals surface area contributed by atoms with Crippen LogP contribution in [0.3, 0.4) is 0 Å². The summed E-state index contributed by atoms with van der Waals surface area (Å²) in [6.07, 6.45) is 5.24. The molecule has 0 spiro atoms. The first-order chi connectivity index (χ1) is 16.0. The molecule has 1 aromatic carbocycles. The van der Waals surface area contributed by atoms with Crippen LogP contribution in [0.4, 0.5) is 0 Å². The van der Waals surface area contributed by atoms with Crippen LogP contribution in [0.5, 0.6) is 5.75 Å². The largest absolute Gasteiger partial charge is 0.484 e. The molecular formula is C25H30ClN3O4. The van der Waals surface area contributed by atoms with Gasteiger partial charge in [-0.3, -0.25) is 9.59 Å². The lowest BCUT2D eigenvalue weighted by molar-refractivity contribution is -0.142. The molecule has 0 radical (unpaired) electrons. The van der Waals surface area contributed by atoms with E-state index in [4.69, 9.17) is 20.8 Å². The Morgan fingerprint density at radius 3 is 2.45 bits per heavy atom. The van der Waals surface area contributed by atoms with E-state index in [2.05, 4.69) is 0 Å². The van der Waals surface area contributed by atoms with Crippen LogP contribution in [-0.2, 0) is 29.7 Å². The van der Waals surface area contributed by atoms with Crippen molar-refractivity contribution in [1.29, 1.82) is 0 Å². The number of furan rings is 1. The van der Waals surface area contributed by atoms with Gasteiger partial charge in [0.1, 0.15) is 11.5 Å². The van der Waals surface area contributed by atoms with E-state index >= 15 is 0 Å². The van der Waals surface area contributed by atoms with Crippen LogP contribution in [0, 0.1) is 0 Å². The molecule has 0 saturated carbocycles. The zero-order valence-corrected chi connectivity index (χ0v) is 19.8. The molecule has 0 aliphatic rings. The first-order valence-electron chi connectivity index (χ1n) is 11.0. The van der Waals surface area contributed by atoms with E-state index in [9.17, 15) is 9.59 Å². The smallest absolute Gasteiger partial charge is 0.260 e. The van der Waals surface area contributed by atoms with E-state index in [1.165, 1.54) is 0 Å². The fraction of sp³-hybridized carbons (Fsp3) is 0.360. The number of hydrogen-bond acceptors (Lipinski definition) is 4. The minimum Gasteiger partial charge on any atom is -0.484 e. The standard InChI is InChI=1S/C25H30ClN3O4/c1-3-4-14-28(25(31)19-33-22-11-9-20(26)10-12-22)18-24(30)29(17-23-8-6-15-32-23)16-21-7-5-13-27(21)2/h5-13,15H,3-4,14,16-19H2,1-2H3. The van der Waals surface area contributed by atoms with Gasteiger partial charge in [-0.2, -0.15) is 0 Å². The van der Waals surface area contributed by atoms with Gasteiger partial charge < -0.3 is 23.5 Å². The molecular weight excluding hydrogens is 442 g/mol. The Kier molecular flexibility index (Phi) is 9.01. The molecule has 0 bridgehead atoms. The number of carbonyl (C=O) groups excluding carboxylic acids is 2. The molecule has 2 heterocycles. The maximum absolute atomic E-state index is 13.3. The van der Waals surface area contributed by atoms with Crippen molar-refractivity contribution in [3.8, 4) is 5.75 Å². The van der Waals surface area contributed by atoms with Gasteiger partial charge in [-0.05, 0) is 55.0 Å². The molecule has 3 rings (SSSR count). The molecule has 8 heteroatoms. The van der Waals surface area contributed by atoms with Gasteiger partial charge in [0.2, 0.25) is 5.91 Å². The molecule has 3 aromatic rings. The summed E-state index contributed by atoms with van der Waals surface area (Å²) in [7, 11) is 1.94. The summed E-state index contributed by atoms with van der Waals surface area (Å²) in [6, 6.07) is 14.4. The molecule has 0 atom stereocenters. The number of ether oxygens (including phenoxy) is 1. The number of carbonyl (C=O) groups is 2. The molecule has 0 N–H and O–H groups in total. The highest BCUT2D eigenvalue weighted by Crippen LogP contribution is 2.16. The van der Waals surface area contributed by atoms with E-state index in [-0.39, 0.29) is 25.0 Å². The highest BCUT2D eigenvalue weighted by Gasteiger charge is 2.23. The number of unbranched alkanes of at least 4 members (excludes halogenated alkanes) is 1. The van der Waals surface area contributed by atoms with Gasteiger partial charge in [0, 0.05) is 30.5 Å². The van der Waals surface area contributed by atoms with Gasteiger partial charge in [-0.15, -0.1) is 0 Å². The van der Waals surface area contributed by atoms with Crippen molar-refractivity contribution in [2.24, 2.45) is 7.05 Å². The quantitative estimate of drug-likeness (QED) is 0.390. The molecule has 33 heavy (non-hydrogen) atoms. The van der Waals surface area contributed by atoms with Crippen LogP contribution in [0.1, 0.15) is 31.2 Å². The number of halogens is 1. The van der Waals surface area contributed by atoms with Crippen molar-refractivity contribution < 1.29 is 18.7 Å². The van der Waals surface area contributed by atoms with E-state index in [0.717, 1.165) is 18.5 Å². The van der Waals surface area contributed by atoms with Gasteiger partial charge in [-0.1, -0.05) is 24.9 Å². The summed E-state index contributed by atoms with van der Waals surface area (Å²) in [5.41, 5.74) is 0.993. The summed E-state index contributed by atoms with van der Waals surface area (Å²) in [6.45, 7) is 3.12. The molecule has 2 aromatic heterocycles. The molecule has 176 valence electrons. The second-order valence-electron chi connectivity index (χ2n) is 7.85. The maximum Gasteiger partial charge on any atom is 0.260 e. The summed E-state index contributed by atoms with van der Waals surface area (Å²) < 4.78 is 13.1. The number of aromatic nitrogens is 1. The second-order valence-corrected chi connectivity index (χ2v) is 8.29. The fourth-order valence-corrected chi connectivity index (χ4v) is 3.48. The van der Waals surface area contributed by atoms with Crippen molar-refractivity contribution in [3.63, 3.8) is 0 Å². The summed E-state index contributed by atoms with van der Waals surface area (Å²) in [5, 5.41) is 0.596. The normalized spacial score (nSPS) is 10.8. The van der Waals surface area contributed by atoms with Crippen LogP contribution < -0.4 is 4.74 Å². The van der Waals surface area contributed by atoms with Gasteiger partial charge in [0.05, 0.1) is 25.9 Å². The summed E-state index contributed by atoms with van der Waals surface area (Å²) in [4.78, 5) is 29.5. The van der Waals surface area contributed by atoms with Crippen molar-refractivity contribution in [1.82, 2.24) is 14.4 Å². The first-order valence-corrected chi connectivity index (χ1v) is 11.4. The van der Waals surface area contributed by atoms with Crippen molar-refractivity contribution >= 4 is 23.4 Å². The predicted molar refractivity (Wildman–Crippen MR) is 127 cm³/mol. The van der Waals surface area contributed by atoms with Crippen LogP contribution in [0.25, 0.3) is 0 Å². The van der Waals surface area contributed by atoms with E-state index in [1.54, 1.807) is 46.4 Å². The third-order valence-corrected chi connectivity index (χ3v) is 5.57. The highest BCUT2D eigenvalue weighted by molar-refractivity contribution is 6.30. The molecule has 0 saturated heterocycles. The Labute approximate surface area is 199 Å². The number of rotatable bonds is 12. The van der Waals surface area contributed by atoms with Crippen molar-refractivity contribution in [3.05, 3.63) is 77.5 Å². The van der Waals surface area contributed by atoms with Crippen LogP contribution in [0.2, 0.25) is 5.02 Å². The maximum atomic E-state index is 13.3. The third-order valence-electron chi connectivity index (χ3n) is 5.32. The summed E-state index contributed by atoms with van der Waals surface area (Å²) >= 11 is 5.90. The number of hydrogen-bond donors (Lipinski definition) is 0. The van der Waals surface area contributed by atoms with Crippen LogP contribution in [0.15, 0.2) is 65.4 Å². The second kappa shape index (κ2) is 12.2. The Hall–Kier alpha value is -3.19. The number of benzene rings is 1. The zero-order valence-electron chi connectivity index (χ0n) is 19.1. The lowest BCUT2D eigenvalue weighted by Crippen LogP contribution is -2.44. The summed E-state index contributed by atoms with van der Waals surface area (Å²) in [5.74, 6) is 0.861. The lowest BCUT2D eigenvalue weighted by Gasteiger charge is -2.27. The molecule has 0 aliphatic heterocycles. The van der Waals surface area contributed by atoms with E-state index in [1.807, 2.05) is 42.9 Å². The van der Waals surface area contributed by atoms with Crippen LogP contribution in [-0.4, -0.2) is 45.9 Å². The van der Waals surface area contributed by atoms with Gasteiger partial charge in [0.15, 0.2) is 6.61 Å². The minimum absolute atomic E-state index is 0.0199. The SMILES string of the molecule is CCCCN(CC(=O)N(Cc1ccco1)Cc1cccn1C)C(=O)COc1ccc(Cl)cc1. The molecule has 0 aliphatic carbocycles. The number of nitrogens with zero attached hydrogens (tertiary/aromatic N) is 3. The van der Waals surface area contributed by atoms with Crippen molar-refractivity contribution in [2.45, 2.75) is 32.9 Å². The minimum atomic E-state index is -0.233. The molecule has 2 amide bonds. The Bertz CT molecular complexity index is 1010. The van der Waals surface area contributed by atoms with E-state index < -0.39 is 0 Å². The Balaban J connectivity index is 1.68. The van der Waals surface area contributed by atoms with Crippen molar-refractivity contribution in [2.75, 3.05) is 19.7 Å². The highest BCUT2D eigenvalue weighted by atomic mass is 35.5. The fourth-order valence-electron chi connectivity index (χ4n) is 3.35. The van der Waals surface area contributed by atoms with Crippen LogP contribution >= 0.6 is 11.6 Å². The molecule has 0 unspecified atom stereocenters. The monoisotopic (exact) mass is 471 g/mol. The average Bonchev–Trinajstić information content (AvgIpc) is 3.47. The topological polar surface area (TPSA) is 67.9 Å². The molecule has 7 nitrogen and oxygen atoms in total. The number of aryl methyl sites for hydroxylation is 1. The Morgan fingerprint density at radius 2 is 1.82 bits per heavy atom. The average molecular weight is 472 g/mol. The van der Waals surface area contributed by atoms with Gasteiger partial charge in [-0.25, -0.2) is 0 Å². The number of amides is 2. The lowest BCUT2D eigenvalue weighted by atomic mass is 10.2. The first kappa shape index (κ1) is 24.5. The zero-order chi connectivity index (χ0) is 23.6. The van der Waals surface area contributed by atoms with Gasteiger partial charge >= 0.3 is 0 Å². The Morgan fingerprint density at radius 1 is 1.03 bits per heavy atom. The third kappa shape index (κ3) is 7.43.